The maximum Gasteiger partial charge on any atom is 0.306 e. The van der Waals surface area contributed by atoms with E-state index in [4.69, 9.17) is 4.74 Å². The van der Waals surface area contributed by atoms with E-state index < -0.39 is 18.2 Å². The Morgan fingerprint density at radius 2 is 0.836 bits per heavy atom. The fourth-order valence-corrected chi connectivity index (χ4v) is 7.84. The van der Waals surface area contributed by atoms with Crippen molar-refractivity contribution in [2.24, 2.45) is 0 Å². The summed E-state index contributed by atoms with van der Waals surface area (Å²) < 4.78 is 5.93. The van der Waals surface area contributed by atoms with E-state index in [9.17, 15) is 19.8 Å². The van der Waals surface area contributed by atoms with Crippen LogP contribution in [0.2, 0.25) is 0 Å². The number of aliphatic hydroxyl groups is 2. The minimum Gasteiger partial charge on any atom is -0.462 e. The number of esters is 1. The second-order valence-electron chi connectivity index (χ2n) is 17.9. The number of amides is 1. The van der Waals surface area contributed by atoms with Crippen LogP contribution in [0, 0.1) is 0 Å². The number of carbonyl (C=O) groups is 2. The Bertz CT molecular complexity index is 1050. The van der Waals surface area contributed by atoms with Gasteiger partial charge in [-0.25, -0.2) is 0 Å². The molecular weight excluding hydrogens is 755 g/mol. The van der Waals surface area contributed by atoms with Crippen molar-refractivity contribution in [3.63, 3.8) is 0 Å². The van der Waals surface area contributed by atoms with Crippen LogP contribution in [0.4, 0.5) is 0 Å². The van der Waals surface area contributed by atoms with Crippen LogP contribution >= 0.6 is 0 Å². The number of ether oxygens (including phenoxy) is 1. The molecule has 0 bridgehead atoms. The summed E-state index contributed by atoms with van der Waals surface area (Å²) in [5.74, 6) is -0.491. The van der Waals surface area contributed by atoms with Crippen molar-refractivity contribution in [2.45, 2.75) is 283 Å². The van der Waals surface area contributed by atoms with Gasteiger partial charge in [-0.3, -0.25) is 9.59 Å². The van der Waals surface area contributed by atoms with Gasteiger partial charge in [-0.1, -0.05) is 211 Å². The Morgan fingerprint density at radius 3 is 1.28 bits per heavy atom. The molecule has 6 nitrogen and oxygen atoms in total. The first-order valence-electron chi connectivity index (χ1n) is 26.4. The van der Waals surface area contributed by atoms with E-state index in [2.05, 4.69) is 74.7 Å². The van der Waals surface area contributed by atoms with Crippen LogP contribution < -0.4 is 5.32 Å². The molecule has 3 unspecified atom stereocenters. The molecule has 0 aromatic carbocycles. The third-order valence-electron chi connectivity index (χ3n) is 11.9. The van der Waals surface area contributed by atoms with Gasteiger partial charge in [0.2, 0.25) is 5.91 Å². The number of hydrogen-bond donors (Lipinski definition) is 3. The molecule has 0 aliphatic carbocycles. The molecule has 0 radical (unpaired) electrons. The van der Waals surface area contributed by atoms with E-state index >= 15 is 0 Å². The van der Waals surface area contributed by atoms with Gasteiger partial charge in [-0.15, -0.1) is 0 Å². The lowest BCUT2D eigenvalue weighted by Crippen LogP contribution is -2.46. The molecule has 3 atom stereocenters. The van der Waals surface area contributed by atoms with Crippen molar-refractivity contribution in [1.29, 1.82) is 0 Å². The highest BCUT2D eigenvalue weighted by Crippen LogP contribution is 2.18. The lowest BCUT2D eigenvalue weighted by molar-refractivity contribution is -0.151. The molecular formula is C55H101NO5. The standard InChI is InChI=1S/C55H101NO5/c1-4-7-10-13-16-19-22-24-26-27-29-31-33-36-39-42-45-48-55(60)61-51(46-43-40-37-34-32-30-28-25-23-20-17-14-11-8-5-2)49-54(59)56-52(50-57)53(58)47-44-41-38-35-21-18-15-12-9-6-3/h16-17,19-20,24-26,28,51-53,57-58H,4-15,18,21-23,27,29-50H2,1-3H3,(H,56,59)/b19-16-,20-17-,26-24-,28-25-. The minimum absolute atomic E-state index is 0.0655. The summed E-state index contributed by atoms with van der Waals surface area (Å²) in [7, 11) is 0. The lowest BCUT2D eigenvalue weighted by atomic mass is 10.0. The van der Waals surface area contributed by atoms with Gasteiger partial charge in [0.1, 0.15) is 6.10 Å². The van der Waals surface area contributed by atoms with Gasteiger partial charge < -0.3 is 20.3 Å². The average molecular weight is 856 g/mol. The summed E-state index contributed by atoms with van der Waals surface area (Å²) in [4.78, 5) is 26.2. The van der Waals surface area contributed by atoms with Crippen molar-refractivity contribution in [3.8, 4) is 0 Å². The second-order valence-corrected chi connectivity index (χ2v) is 17.9. The van der Waals surface area contributed by atoms with Crippen LogP contribution in [0.15, 0.2) is 48.6 Å². The van der Waals surface area contributed by atoms with Crippen LogP contribution in [0.5, 0.6) is 0 Å². The zero-order valence-corrected chi connectivity index (χ0v) is 40.5. The molecule has 0 fully saturated rings. The number of unbranched alkanes of at least 4 members (excludes halogenated alkanes) is 27. The Balaban J connectivity index is 4.60. The number of aliphatic hydroxyl groups excluding tert-OH is 2. The predicted octanol–water partition coefficient (Wildman–Crippen LogP) is 15.8. The summed E-state index contributed by atoms with van der Waals surface area (Å²) in [6, 6.07) is -0.706. The highest BCUT2D eigenvalue weighted by Gasteiger charge is 2.24. The van der Waals surface area contributed by atoms with Crippen LogP contribution in [-0.2, 0) is 14.3 Å². The third-order valence-corrected chi connectivity index (χ3v) is 11.9. The van der Waals surface area contributed by atoms with Gasteiger partial charge >= 0.3 is 5.97 Å². The van der Waals surface area contributed by atoms with E-state index in [1.165, 1.54) is 135 Å². The molecule has 3 N–H and O–H groups in total. The molecule has 0 aliphatic heterocycles. The number of rotatable bonds is 47. The van der Waals surface area contributed by atoms with Crippen molar-refractivity contribution < 1.29 is 24.5 Å². The van der Waals surface area contributed by atoms with Gasteiger partial charge in [-0.2, -0.15) is 0 Å². The van der Waals surface area contributed by atoms with Crippen molar-refractivity contribution in [1.82, 2.24) is 5.32 Å². The maximum absolute atomic E-state index is 13.2. The molecule has 0 aromatic heterocycles. The molecule has 0 rings (SSSR count). The van der Waals surface area contributed by atoms with E-state index in [1.54, 1.807) is 0 Å². The third kappa shape index (κ3) is 44.2. The number of hydrogen-bond acceptors (Lipinski definition) is 5. The molecule has 0 aromatic rings. The van der Waals surface area contributed by atoms with Crippen LogP contribution in [-0.4, -0.2) is 46.9 Å². The smallest absolute Gasteiger partial charge is 0.306 e. The topological polar surface area (TPSA) is 95.9 Å². The Labute approximate surface area is 378 Å². The predicted molar refractivity (Wildman–Crippen MR) is 264 cm³/mol. The first-order valence-corrected chi connectivity index (χ1v) is 26.4. The Hall–Kier alpha value is -2.18. The summed E-state index contributed by atoms with van der Waals surface area (Å²) >= 11 is 0. The van der Waals surface area contributed by atoms with E-state index in [0.29, 0.717) is 19.3 Å². The highest BCUT2D eigenvalue weighted by atomic mass is 16.5. The van der Waals surface area contributed by atoms with E-state index in [0.717, 1.165) is 83.5 Å². The molecule has 0 saturated heterocycles. The van der Waals surface area contributed by atoms with Crippen molar-refractivity contribution in [3.05, 3.63) is 48.6 Å². The number of allylic oxidation sites excluding steroid dienone is 8. The molecule has 0 saturated carbocycles. The largest absolute Gasteiger partial charge is 0.462 e. The maximum atomic E-state index is 13.2. The summed E-state index contributed by atoms with van der Waals surface area (Å²) in [6.45, 7) is 6.42. The Morgan fingerprint density at radius 1 is 0.475 bits per heavy atom. The van der Waals surface area contributed by atoms with E-state index in [-0.39, 0.29) is 24.9 Å². The van der Waals surface area contributed by atoms with Crippen molar-refractivity contribution in [2.75, 3.05) is 6.61 Å². The van der Waals surface area contributed by atoms with Crippen LogP contribution in [0.1, 0.15) is 265 Å². The monoisotopic (exact) mass is 856 g/mol. The molecule has 61 heavy (non-hydrogen) atoms. The van der Waals surface area contributed by atoms with Gasteiger partial charge in [0, 0.05) is 6.42 Å². The summed E-state index contributed by atoms with van der Waals surface area (Å²) in [5.41, 5.74) is 0. The molecule has 1 amide bonds. The summed E-state index contributed by atoms with van der Waals surface area (Å²) in [6.07, 6.45) is 58.8. The highest BCUT2D eigenvalue weighted by molar-refractivity contribution is 5.77. The van der Waals surface area contributed by atoms with Crippen LogP contribution in [0.25, 0.3) is 0 Å². The fraction of sp³-hybridized carbons (Fsp3) is 0.818. The number of carbonyl (C=O) groups excluding carboxylic acids is 2. The number of nitrogens with one attached hydrogen (secondary N) is 1. The quantitative estimate of drug-likeness (QED) is 0.0322. The first-order chi connectivity index (χ1) is 30.0. The SMILES string of the molecule is CCCCC/C=C\C/C=C\CCCCCCCCCC(=O)OC(CCCCCCC/C=C\C/C=C\CCCCC)CC(=O)NC(CO)C(O)CCCCCCCCCCCC. The first kappa shape index (κ1) is 58.8. The Kier molecular flexibility index (Phi) is 47.1. The van der Waals surface area contributed by atoms with Gasteiger partial charge in [-0.05, 0) is 89.9 Å². The molecule has 0 aliphatic rings. The zero-order chi connectivity index (χ0) is 44.5. The second kappa shape index (κ2) is 48.8. The van der Waals surface area contributed by atoms with Gasteiger partial charge in [0.05, 0.1) is 25.2 Å². The molecule has 356 valence electrons. The molecule has 0 spiro atoms. The normalized spacial score (nSPS) is 13.6. The van der Waals surface area contributed by atoms with E-state index in [1.807, 2.05) is 0 Å². The van der Waals surface area contributed by atoms with Gasteiger partial charge in [0.15, 0.2) is 0 Å². The van der Waals surface area contributed by atoms with Crippen molar-refractivity contribution >= 4 is 11.9 Å². The zero-order valence-electron chi connectivity index (χ0n) is 40.5. The molecule has 6 heteroatoms. The average Bonchev–Trinajstić information content (AvgIpc) is 3.25. The van der Waals surface area contributed by atoms with Gasteiger partial charge in [0.25, 0.3) is 0 Å². The minimum atomic E-state index is -0.792. The summed E-state index contributed by atoms with van der Waals surface area (Å²) in [5, 5.41) is 23.7. The lowest BCUT2D eigenvalue weighted by Gasteiger charge is -2.24. The fourth-order valence-electron chi connectivity index (χ4n) is 7.84. The molecule has 0 heterocycles. The van der Waals surface area contributed by atoms with Crippen LogP contribution in [0.3, 0.4) is 0 Å².